The molecule has 0 aliphatic carbocycles. The van der Waals surface area contributed by atoms with Gasteiger partial charge in [0.25, 0.3) is 0 Å². The van der Waals surface area contributed by atoms with Gasteiger partial charge in [0.2, 0.25) is 0 Å². The molecule has 1 N–H and O–H groups in total. The summed E-state index contributed by atoms with van der Waals surface area (Å²) in [6.07, 6.45) is 0.537. The number of carbonyl (C=O) groups excluding carboxylic acids is 2. The maximum absolute atomic E-state index is 12.9. The summed E-state index contributed by atoms with van der Waals surface area (Å²) < 4.78 is 9.98. The zero-order chi connectivity index (χ0) is 20.0. The molecular formula is C19H29N2O5. The minimum absolute atomic E-state index is 0.259. The van der Waals surface area contributed by atoms with Crippen molar-refractivity contribution in [1.82, 2.24) is 10.4 Å². The van der Waals surface area contributed by atoms with Gasteiger partial charge >= 0.3 is 11.9 Å². The van der Waals surface area contributed by atoms with Crippen LogP contribution in [0.15, 0.2) is 22.5 Å². The molecule has 1 atom stereocenters. The molecule has 7 nitrogen and oxygen atoms in total. The Morgan fingerprint density at radius 2 is 1.42 bits per heavy atom. The Hall–Kier alpha value is -1.86. The molecule has 1 saturated heterocycles. The van der Waals surface area contributed by atoms with E-state index < -0.39 is 28.9 Å². The number of hydrogen-bond donors (Lipinski definition) is 1. The van der Waals surface area contributed by atoms with Crippen LogP contribution in [0, 0.1) is 11.8 Å². The molecule has 2 aliphatic rings. The van der Waals surface area contributed by atoms with Crippen LogP contribution >= 0.6 is 0 Å². The van der Waals surface area contributed by atoms with E-state index in [4.69, 9.17) is 9.47 Å². The predicted octanol–water partition coefficient (Wildman–Crippen LogP) is 2.32. The van der Waals surface area contributed by atoms with E-state index in [1.54, 1.807) is 13.8 Å². The Kier molecular flexibility index (Phi) is 5.27. The molecule has 145 valence electrons. The van der Waals surface area contributed by atoms with Gasteiger partial charge in [0.15, 0.2) is 0 Å². The van der Waals surface area contributed by atoms with Crippen molar-refractivity contribution in [2.45, 2.75) is 59.0 Å². The van der Waals surface area contributed by atoms with Crippen LogP contribution in [0.5, 0.6) is 0 Å². The Morgan fingerprint density at radius 3 is 1.73 bits per heavy atom. The topological polar surface area (TPSA) is 87.8 Å². The number of nitrogens with one attached hydrogen (secondary N) is 1. The van der Waals surface area contributed by atoms with E-state index in [0.29, 0.717) is 29.0 Å². The monoisotopic (exact) mass is 365 g/mol. The Labute approximate surface area is 155 Å². The third-order valence-electron chi connectivity index (χ3n) is 5.72. The minimum atomic E-state index is -0.773. The van der Waals surface area contributed by atoms with E-state index >= 15 is 0 Å². The number of nitrogens with zero attached hydrogens (tertiary/aromatic N) is 1. The van der Waals surface area contributed by atoms with Crippen LogP contribution in [-0.2, 0) is 24.3 Å². The van der Waals surface area contributed by atoms with Crippen molar-refractivity contribution in [2.24, 2.45) is 11.8 Å². The highest BCUT2D eigenvalue weighted by Gasteiger charge is 2.58. The van der Waals surface area contributed by atoms with E-state index in [2.05, 4.69) is 5.32 Å². The number of hydroxylamine groups is 2. The smallest absolute Gasteiger partial charge is 0.336 e. The van der Waals surface area contributed by atoms with Crippen LogP contribution in [-0.4, -0.2) is 42.3 Å². The zero-order valence-electron chi connectivity index (χ0n) is 16.9. The molecular weight excluding hydrogens is 336 g/mol. The normalized spacial score (nSPS) is 26.0. The summed E-state index contributed by atoms with van der Waals surface area (Å²) >= 11 is 0. The molecule has 2 heterocycles. The number of hydrogen-bond acceptors (Lipinski definition) is 6. The molecule has 0 amide bonds. The molecule has 1 unspecified atom stereocenters. The summed E-state index contributed by atoms with van der Waals surface area (Å²) in [4.78, 5) is 25.1. The van der Waals surface area contributed by atoms with Crippen molar-refractivity contribution < 1.29 is 24.3 Å². The van der Waals surface area contributed by atoms with Gasteiger partial charge in [-0.15, -0.1) is 10.3 Å². The van der Waals surface area contributed by atoms with Crippen molar-refractivity contribution in [2.75, 3.05) is 14.2 Å². The maximum Gasteiger partial charge on any atom is 0.336 e. The van der Waals surface area contributed by atoms with Crippen LogP contribution in [0.3, 0.4) is 0 Å². The number of dihydropyridines is 1. The van der Waals surface area contributed by atoms with Crippen molar-refractivity contribution in [3.05, 3.63) is 22.5 Å². The molecule has 1 radical (unpaired) electrons. The first kappa shape index (κ1) is 20.5. The number of methoxy groups -OCH3 is 2. The Bertz CT molecular complexity index is 652. The van der Waals surface area contributed by atoms with E-state index in [1.807, 2.05) is 27.7 Å². The van der Waals surface area contributed by atoms with E-state index in [1.165, 1.54) is 14.2 Å². The molecule has 2 rings (SSSR count). The lowest BCUT2D eigenvalue weighted by molar-refractivity contribution is -0.249. The van der Waals surface area contributed by atoms with Crippen molar-refractivity contribution in [3.8, 4) is 0 Å². The van der Waals surface area contributed by atoms with Crippen molar-refractivity contribution >= 4 is 11.9 Å². The molecule has 26 heavy (non-hydrogen) atoms. The number of carbonyl (C=O) groups is 2. The fourth-order valence-corrected chi connectivity index (χ4v) is 4.54. The molecule has 0 spiro atoms. The first-order valence-electron chi connectivity index (χ1n) is 8.72. The third-order valence-corrected chi connectivity index (χ3v) is 5.72. The van der Waals surface area contributed by atoms with Gasteiger partial charge in [-0.1, -0.05) is 0 Å². The fourth-order valence-electron chi connectivity index (χ4n) is 4.54. The van der Waals surface area contributed by atoms with Crippen LogP contribution in [0.4, 0.5) is 0 Å². The lowest BCUT2D eigenvalue weighted by Crippen LogP contribution is -2.49. The lowest BCUT2D eigenvalue weighted by Gasteiger charge is -2.40. The second-order valence-electron chi connectivity index (χ2n) is 8.23. The highest BCUT2D eigenvalue weighted by molar-refractivity contribution is 5.97. The highest BCUT2D eigenvalue weighted by Crippen LogP contribution is 2.52. The first-order valence-corrected chi connectivity index (χ1v) is 8.72. The van der Waals surface area contributed by atoms with Gasteiger partial charge < -0.3 is 14.8 Å². The minimum Gasteiger partial charge on any atom is -0.466 e. The zero-order valence-corrected chi connectivity index (χ0v) is 16.9. The summed E-state index contributed by atoms with van der Waals surface area (Å²) in [6, 6.07) is 0. The summed E-state index contributed by atoms with van der Waals surface area (Å²) in [6.45, 7) is 11.0. The van der Waals surface area contributed by atoms with Gasteiger partial charge in [0.05, 0.1) is 25.4 Å². The third kappa shape index (κ3) is 3.03. The van der Waals surface area contributed by atoms with Crippen molar-refractivity contribution in [3.63, 3.8) is 0 Å². The largest absolute Gasteiger partial charge is 0.466 e. The number of allylic oxidation sites excluding steroid dienone is 2. The first-order chi connectivity index (χ1) is 11.9. The quantitative estimate of drug-likeness (QED) is 0.772. The van der Waals surface area contributed by atoms with Gasteiger partial charge in [0.1, 0.15) is 0 Å². The predicted molar refractivity (Wildman–Crippen MR) is 94.8 cm³/mol. The van der Waals surface area contributed by atoms with Gasteiger partial charge in [-0.25, -0.2) is 9.59 Å². The summed E-state index contributed by atoms with van der Waals surface area (Å²) in [7, 11) is 2.62. The van der Waals surface area contributed by atoms with E-state index in [-0.39, 0.29) is 5.92 Å². The molecule has 0 aromatic carbocycles. The second-order valence-corrected chi connectivity index (χ2v) is 8.23. The van der Waals surface area contributed by atoms with Crippen LogP contribution < -0.4 is 5.32 Å². The fraction of sp³-hybridized carbons (Fsp3) is 0.684. The van der Waals surface area contributed by atoms with Crippen LogP contribution in [0.2, 0.25) is 0 Å². The Balaban J connectivity index is 2.69. The molecule has 1 fully saturated rings. The lowest BCUT2D eigenvalue weighted by atomic mass is 9.69. The molecule has 2 aliphatic heterocycles. The molecule has 0 aromatic heterocycles. The molecule has 0 saturated carbocycles. The number of ether oxygens (including phenoxy) is 2. The van der Waals surface area contributed by atoms with Crippen LogP contribution in [0.1, 0.15) is 48.0 Å². The maximum atomic E-state index is 12.9. The average molecular weight is 365 g/mol. The molecule has 7 heteroatoms. The van der Waals surface area contributed by atoms with Crippen molar-refractivity contribution in [1.29, 1.82) is 0 Å². The highest BCUT2D eigenvalue weighted by atomic mass is 16.5. The van der Waals surface area contributed by atoms with E-state index in [0.717, 1.165) is 5.06 Å². The Morgan fingerprint density at radius 1 is 1.00 bits per heavy atom. The van der Waals surface area contributed by atoms with Crippen LogP contribution in [0.25, 0.3) is 0 Å². The van der Waals surface area contributed by atoms with E-state index in [9.17, 15) is 14.8 Å². The molecule has 0 aromatic rings. The van der Waals surface area contributed by atoms with Gasteiger partial charge in [-0.05, 0) is 53.9 Å². The SMILES string of the molecule is COC(=O)C1=C(C)NC(C)=C(C(=O)OC)C1C1CC(C)(C)N([O])C1(C)C. The van der Waals surface area contributed by atoms with Gasteiger partial charge in [-0.3, -0.25) is 0 Å². The summed E-state index contributed by atoms with van der Waals surface area (Å²) in [5, 5.41) is 17.1. The average Bonchev–Trinajstić information content (AvgIpc) is 2.72. The van der Waals surface area contributed by atoms with Gasteiger partial charge in [0, 0.05) is 28.4 Å². The summed E-state index contributed by atoms with van der Waals surface area (Å²) in [5.74, 6) is -1.85. The number of esters is 2. The number of rotatable bonds is 3. The standard InChI is InChI=1S/C19H29N2O5/c1-10-13(16(22)25-7)15(14(11(2)20-10)17(23)26-8)12-9-18(3,4)21(24)19(12,5)6/h12,15,20H,9H2,1-8H3. The second kappa shape index (κ2) is 6.70. The summed E-state index contributed by atoms with van der Waals surface area (Å²) in [5.41, 5.74) is 0.633. The van der Waals surface area contributed by atoms with Gasteiger partial charge in [-0.2, -0.15) is 0 Å². The molecule has 0 bridgehead atoms.